The van der Waals surface area contributed by atoms with Gasteiger partial charge in [0.15, 0.2) is 6.29 Å². The van der Waals surface area contributed by atoms with E-state index in [0.29, 0.717) is 13.2 Å². The van der Waals surface area contributed by atoms with Crippen molar-refractivity contribution in [3.63, 3.8) is 0 Å². The van der Waals surface area contributed by atoms with E-state index < -0.39 is 6.29 Å². The Morgan fingerprint density at radius 3 is 1.48 bits per heavy atom. The van der Waals surface area contributed by atoms with E-state index in [0.717, 1.165) is 28.2 Å². The van der Waals surface area contributed by atoms with Gasteiger partial charge in [0.1, 0.15) is 11.5 Å². The summed E-state index contributed by atoms with van der Waals surface area (Å²) >= 11 is 0. The average molecular weight is 342 g/mol. The Labute approximate surface area is 150 Å². The molecular formula is C21H26O4. The SMILES string of the molecule is COc1ccc(COC(C=C(C)C)OCc2ccc(OC)cc2)cc1. The van der Waals surface area contributed by atoms with Gasteiger partial charge in [0.2, 0.25) is 0 Å². The maximum atomic E-state index is 5.92. The van der Waals surface area contributed by atoms with Crippen LogP contribution in [0.3, 0.4) is 0 Å². The van der Waals surface area contributed by atoms with Crippen LogP contribution in [0, 0.1) is 0 Å². The third-order valence-electron chi connectivity index (χ3n) is 3.62. The smallest absolute Gasteiger partial charge is 0.177 e. The molecule has 134 valence electrons. The molecule has 0 atom stereocenters. The second-order valence-electron chi connectivity index (χ2n) is 5.93. The number of hydrogen-bond donors (Lipinski definition) is 0. The molecule has 2 aromatic rings. The van der Waals surface area contributed by atoms with E-state index in [9.17, 15) is 0 Å². The Morgan fingerprint density at radius 2 is 1.16 bits per heavy atom. The molecule has 0 saturated carbocycles. The van der Waals surface area contributed by atoms with Gasteiger partial charge < -0.3 is 18.9 Å². The van der Waals surface area contributed by atoms with Crippen molar-refractivity contribution in [2.75, 3.05) is 14.2 Å². The average Bonchev–Trinajstić information content (AvgIpc) is 2.64. The Bertz CT molecular complexity index is 604. The van der Waals surface area contributed by atoms with Crippen molar-refractivity contribution < 1.29 is 18.9 Å². The molecule has 25 heavy (non-hydrogen) atoms. The minimum Gasteiger partial charge on any atom is -0.497 e. The molecule has 0 spiro atoms. The number of rotatable bonds is 9. The Kier molecular flexibility index (Phi) is 7.51. The fourth-order valence-electron chi connectivity index (χ4n) is 2.22. The molecule has 4 heteroatoms. The van der Waals surface area contributed by atoms with E-state index in [1.807, 2.05) is 68.5 Å². The molecule has 0 aromatic heterocycles. The molecule has 0 amide bonds. The third kappa shape index (κ3) is 6.61. The van der Waals surface area contributed by atoms with Crippen LogP contribution in [0.4, 0.5) is 0 Å². The Hall–Kier alpha value is -2.30. The van der Waals surface area contributed by atoms with Crippen LogP contribution in [0.15, 0.2) is 60.2 Å². The fraction of sp³-hybridized carbons (Fsp3) is 0.333. The summed E-state index contributed by atoms with van der Waals surface area (Å²) in [7, 11) is 3.31. The predicted molar refractivity (Wildman–Crippen MR) is 98.8 cm³/mol. The lowest BCUT2D eigenvalue weighted by Crippen LogP contribution is -2.15. The molecule has 2 aromatic carbocycles. The van der Waals surface area contributed by atoms with E-state index in [1.165, 1.54) is 0 Å². The first-order valence-electron chi connectivity index (χ1n) is 8.25. The lowest BCUT2D eigenvalue weighted by Gasteiger charge is -2.16. The Morgan fingerprint density at radius 1 is 0.760 bits per heavy atom. The molecule has 0 aliphatic carbocycles. The topological polar surface area (TPSA) is 36.9 Å². The first kappa shape index (κ1) is 19.0. The first-order valence-corrected chi connectivity index (χ1v) is 8.25. The molecule has 2 rings (SSSR count). The molecular weight excluding hydrogens is 316 g/mol. The maximum absolute atomic E-state index is 5.92. The van der Waals surface area contributed by atoms with E-state index >= 15 is 0 Å². The monoisotopic (exact) mass is 342 g/mol. The van der Waals surface area contributed by atoms with Crippen LogP contribution in [0.2, 0.25) is 0 Å². The van der Waals surface area contributed by atoms with Crippen LogP contribution in [-0.2, 0) is 22.7 Å². The molecule has 0 bridgehead atoms. The number of allylic oxidation sites excluding steroid dienone is 1. The van der Waals surface area contributed by atoms with Crippen molar-refractivity contribution >= 4 is 0 Å². The lowest BCUT2D eigenvalue weighted by atomic mass is 10.2. The Balaban J connectivity index is 1.91. The van der Waals surface area contributed by atoms with Crippen molar-refractivity contribution in [1.82, 2.24) is 0 Å². The van der Waals surface area contributed by atoms with Gasteiger partial charge in [0, 0.05) is 0 Å². The standard InChI is InChI=1S/C21H26O4/c1-16(2)13-21(24-14-17-5-9-19(22-3)10-6-17)25-15-18-7-11-20(23-4)12-8-18/h5-13,21H,14-15H2,1-4H3. The largest absolute Gasteiger partial charge is 0.497 e. The number of hydrogen-bond acceptors (Lipinski definition) is 4. The van der Waals surface area contributed by atoms with E-state index in [4.69, 9.17) is 18.9 Å². The van der Waals surface area contributed by atoms with Crippen molar-refractivity contribution in [3.05, 3.63) is 71.3 Å². The summed E-state index contributed by atoms with van der Waals surface area (Å²) < 4.78 is 22.2. The number of benzene rings is 2. The second kappa shape index (κ2) is 9.87. The molecule has 4 nitrogen and oxygen atoms in total. The summed E-state index contributed by atoms with van der Waals surface area (Å²) in [5.41, 5.74) is 3.29. The molecule has 0 saturated heterocycles. The van der Waals surface area contributed by atoms with Crippen molar-refractivity contribution in [2.24, 2.45) is 0 Å². The zero-order valence-electron chi connectivity index (χ0n) is 15.3. The van der Waals surface area contributed by atoms with Crippen LogP contribution in [0.5, 0.6) is 11.5 Å². The lowest BCUT2D eigenvalue weighted by molar-refractivity contribution is -0.126. The molecule has 0 heterocycles. The van der Waals surface area contributed by atoms with Gasteiger partial charge in [-0.25, -0.2) is 0 Å². The van der Waals surface area contributed by atoms with Crippen LogP contribution in [-0.4, -0.2) is 20.5 Å². The van der Waals surface area contributed by atoms with Gasteiger partial charge in [0.05, 0.1) is 27.4 Å². The first-order chi connectivity index (χ1) is 12.1. The highest BCUT2D eigenvalue weighted by Crippen LogP contribution is 2.16. The normalized spacial score (nSPS) is 10.6. The van der Waals surface area contributed by atoms with Gasteiger partial charge in [-0.1, -0.05) is 29.8 Å². The molecule has 0 fully saturated rings. The fourth-order valence-corrected chi connectivity index (χ4v) is 2.22. The summed E-state index contributed by atoms with van der Waals surface area (Å²) in [5, 5.41) is 0. The zero-order valence-corrected chi connectivity index (χ0v) is 15.3. The minimum atomic E-state index is -0.394. The predicted octanol–water partition coefficient (Wildman–Crippen LogP) is 4.73. The molecule has 0 N–H and O–H groups in total. The quantitative estimate of drug-likeness (QED) is 0.488. The highest BCUT2D eigenvalue weighted by atomic mass is 16.7. The van der Waals surface area contributed by atoms with Crippen molar-refractivity contribution in [2.45, 2.75) is 33.4 Å². The van der Waals surface area contributed by atoms with E-state index in [1.54, 1.807) is 14.2 Å². The molecule has 0 aliphatic heterocycles. The van der Waals surface area contributed by atoms with Crippen LogP contribution >= 0.6 is 0 Å². The summed E-state index contributed by atoms with van der Waals surface area (Å²) in [6, 6.07) is 15.6. The van der Waals surface area contributed by atoms with Gasteiger partial charge in [-0.15, -0.1) is 0 Å². The van der Waals surface area contributed by atoms with Gasteiger partial charge in [-0.05, 0) is 55.3 Å². The van der Waals surface area contributed by atoms with E-state index in [-0.39, 0.29) is 0 Å². The molecule has 0 unspecified atom stereocenters. The third-order valence-corrected chi connectivity index (χ3v) is 3.62. The maximum Gasteiger partial charge on any atom is 0.177 e. The minimum absolute atomic E-state index is 0.394. The summed E-state index contributed by atoms with van der Waals surface area (Å²) in [5.74, 6) is 1.67. The summed E-state index contributed by atoms with van der Waals surface area (Å²) in [4.78, 5) is 0. The van der Waals surface area contributed by atoms with Gasteiger partial charge in [0.25, 0.3) is 0 Å². The summed E-state index contributed by atoms with van der Waals surface area (Å²) in [6.45, 7) is 5.00. The second-order valence-corrected chi connectivity index (χ2v) is 5.93. The molecule has 0 radical (unpaired) electrons. The number of methoxy groups -OCH3 is 2. The van der Waals surface area contributed by atoms with Crippen LogP contribution in [0.25, 0.3) is 0 Å². The zero-order chi connectivity index (χ0) is 18.1. The van der Waals surface area contributed by atoms with Crippen molar-refractivity contribution in [3.8, 4) is 11.5 Å². The highest BCUT2D eigenvalue weighted by Gasteiger charge is 2.08. The van der Waals surface area contributed by atoms with Gasteiger partial charge in [-0.3, -0.25) is 0 Å². The highest BCUT2D eigenvalue weighted by molar-refractivity contribution is 5.27. The van der Waals surface area contributed by atoms with Crippen molar-refractivity contribution in [1.29, 1.82) is 0 Å². The van der Waals surface area contributed by atoms with Crippen LogP contribution in [0.1, 0.15) is 25.0 Å². The summed E-state index contributed by atoms with van der Waals surface area (Å²) in [6.07, 6.45) is 1.58. The van der Waals surface area contributed by atoms with Crippen LogP contribution < -0.4 is 9.47 Å². The van der Waals surface area contributed by atoms with Gasteiger partial charge in [-0.2, -0.15) is 0 Å². The number of ether oxygens (including phenoxy) is 4. The molecule has 0 aliphatic rings. The van der Waals surface area contributed by atoms with Gasteiger partial charge >= 0.3 is 0 Å². The van der Waals surface area contributed by atoms with E-state index in [2.05, 4.69) is 0 Å².